The van der Waals surface area contributed by atoms with Crippen molar-refractivity contribution in [3.63, 3.8) is 0 Å². The van der Waals surface area contributed by atoms with E-state index in [1.165, 1.54) is 30.0 Å². The molecule has 1 nitrogen and oxygen atoms in total. The Hall–Kier alpha value is -1.32. The number of hydrogen-bond acceptors (Lipinski definition) is 2. The maximum atomic E-state index is 13.1. The molecule has 0 aliphatic rings. The molecule has 98 valence electrons. The third kappa shape index (κ3) is 3.82. The molecule has 0 radical (unpaired) electrons. The average molecular weight is 295 g/mol. The second kappa shape index (κ2) is 6.22. The smallest absolute Gasteiger partial charge is 0.174 e. The van der Waals surface area contributed by atoms with Crippen LogP contribution in [0.1, 0.15) is 15.9 Å². The first kappa shape index (κ1) is 14.1. The largest absolute Gasteiger partial charge is 0.293 e. The summed E-state index contributed by atoms with van der Waals surface area (Å²) in [5, 5.41) is 0.288. The number of Topliss-reactive ketones (excluding diaryl/α,β-unsaturated/α-hetero) is 1. The van der Waals surface area contributed by atoms with Crippen molar-refractivity contribution in [1.82, 2.24) is 0 Å². The molecule has 0 spiro atoms. The van der Waals surface area contributed by atoms with Gasteiger partial charge in [0.2, 0.25) is 0 Å². The first-order valence-electron chi connectivity index (χ1n) is 5.74. The van der Waals surface area contributed by atoms with Gasteiger partial charge in [-0.15, -0.1) is 11.8 Å². The molecule has 0 unspecified atom stereocenters. The number of thioether (sulfide) groups is 1. The SMILES string of the molecule is Cc1cccc(SCC(=O)c2cc(F)ccc2Cl)c1. The number of halogens is 2. The van der Waals surface area contributed by atoms with E-state index >= 15 is 0 Å². The lowest BCUT2D eigenvalue weighted by Gasteiger charge is -2.04. The highest BCUT2D eigenvalue weighted by Gasteiger charge is 2.12. The highest BCUT2D eigenvalue weighted by molar-refractivity contribution is 8.00. The van der Waals surface area contributed by atoms with Gasteiger partial charge in [-0.3, -0.25) is 4.79 Å². The van der Waals surface area contributed by atoms with Crippen molar-refractivity contribution in [1.29, 1.82) is 0 Å². The molecule has 0 atom stereocenters. The molecule has 0 aliphatic carbocycles. The zero-order valence-electron chi connectivity index (χ0n) is 10.3. The number of ketones is 1. The molecule has 2 rings (SSSR count). The molecule has 4 heteroatoms. The highest BCUT2D eigenvalue weighted by atomic mass is 35.5. The molecular formula is C15H12ClFOS. The van der Waals surface area contributed by atoms with E-state index in [2.05, 4.69) is 0 Å². The minimum absolute atomic E-state index is 0.170. The maximum Gasteiger partial charge on any atom is 0.174 e. The summed E-state index contributed by atoms with van der Waals surface area (Å²) in [5.74, 6) is -0.378. The van der Waals surface area contributed by atoms with Crippen LogP contribution in [0.15, 0.2) is 47.4 Å². The summed E-state index contributed by atoms with van der Waals surface area (Å²) in [6.07, 6.45) is 0. The Bertz CT molecular complexity index is 613. The van der Waals surface area contributed by atoms with E-state index in [1.54, 1.807) is 0 Å². The zero-order valence-corrected chi connectivity index (χ0v) is 11.9. The van der Waals surface area contributed by atoms with Gasteiger partial charge in [0.15, 0.2) is 5.78 Å². The molecule has 0 N–H and O–H groups in total. The molecular weight excluding hydrogens is 283 g/mol. The summed E-state index contributed by atoms with van der Waals surface area (Å²) in [5.41, 5.74) is 1.38. The number of carbonyl (C=O) groups excluding carboxylic acids is 1. The standard InChI is InChI=1S/C15H12ClFOS/c1-10-3-2-4-12(7-10)19-9-15(18)13-8-11(17)5-6-14(13)16/h2-8H,9H2,1H3. The average Bonchev–Trinajstić information content (AvgIpc) is 2.39. The fraction of sp³-hybridized carbons (Fsp3) is 0.133. The van der Waals surface area contributed by atoms with Gasteiger partial charge in [0.05, 0.1) is 10.8 Å². The summed E-state index contributed by atoms with van der Waals surface area (Å²) in [7, 11) is 0. The Labute approximate surface area is 120 Å². The fourth-order valence-corrected chi connectivity index (χ4v) is 2.76. The molecule has 0 saturated heterocycles. The summed E-state index contributed by atoms with van der Waals surface area (Å²) in [6, 6.07) is 11.7. The molecule has 0 aromatic heterocycles. The molecule has 0 fully saturated rings. The van der Waals surface area contributed by atoms with Crippen molar-refractivity contribution in [2.75, 3.05) is 5.75 Å². The maximum absolute atomic E-state index is 13.1. The Kier molecular flexibility index (Phi) is 4.61. The molecule has 0 heterocycles. The number of carbonyl (C=O) groups is 1. The lowest BCUT2D eigenvalue weighted by molar-refractivity contribution is 0.102. The Balaban J connectivity index is 2.07. The Morgan fingerprint density at radius 1 is 1.26 bits per heavy atom. The van der Waals surface area contributed by atoms with Gasteiger partial charge in [0.25, 0.3) is 0 Å². The van der Waals surface area contributed by atoms with Gasteiger partial charge in [-0.05, 0) is 37.3 Å². The predicted molar refractivity (Wildman–Crippen MR) is 77.6 cm³/mol. The molecule has 0 saturated carbocycles. The van der Waals surface area contributed by atoms with Crippen LogP contribution >= 0.6 is 23.4 Å². The Morgan fingerprint density at radius 3 is 2.79 bits per heavy atom. The van der Waals surface area contributed by atoms with Gasteiger partial charge in [0.1, 0.15) is 5.82 Å². The van der Waals surface area contributed by atoms with Crippen molar-refractivity contribution in [3.05, 3.63) is 64.4 Å². The zero-order chi connectivity index (χ0) is 13.8. The van der Waals surface area contributed by atoms with E-state index in [0.717, 1.165) is 10.5 Å². The van der Waals surface area contributed by atoms with Gasteiger partial charge >= 0.3 is 0 Å². The second-order valence-electron chi connectivity index (χ2n) is 4.15. The first-order valence-corrected chi connectivity index (χ1v) is 7.10. The van der Waals surface area contributed by atoms with Crippen molar-refractivity contribution >= 4 is 29.1 Å². The van der Waals surface area contributed by atoms with Crippen LogP contribution in [-0.2, 0) is 0 Å². The molecule has 0 bridgehead atoms. The van der Waals surface area contributed by atoms with E-state index in [0.29, 0.717) is 0 Å². The second-order valence-corrected chi connectivity index (χ2v) is 5.61. The Morgan fingerprint density at radius 2 is 2.05 bits per heavy atom. The molecule has 2 aromatic rings. The van der Waals surface area contributed by atoms with E-state index in [9.17, 15) is 9.18 Å². The van der Waals surface area contributed by atoms with Crippen LogP contribution in [0.4, 0.5) is 4.39 Å². The summed E-state index contributed by atoms with van der Waals surface area (Å²) in [4.78, 5) is 13.0. The van der Waals surface area contributed by atoms with Crippen LogP contribution in [0.2, 0.25) is 5.02 Å². The van der Waals surface area contributed by atoms with Crippen LogP contribution in [0.3, 0.4) is 0 Å². The lowest BCUT2D eigenvalue weighted by Crippen LogP contribution is -2.03. The number of rotatable bonds is 4. The van der Waals surface area contributed by atoms with Gasteiger partial charge < -0.3 is 0 Å². The minimum atomic E-state index is -0.451. The molecule has 19 heavy (non-hydrogen) atoms. The van der Waals surface area contributed by atoms with Gasteiger partial charge in [-0.25, -0.2) is 4.39 Å². The van der Waals surface area contributed by atoms with Crippen molar-refractivity contribution in [2.24, 2.45) is 0 Å². The molecule has 0 amide bonds. The fourth-order valence-electron chi connectivity index (χ4n) is 1.64. The van der Waals surface area contributed by atoms with Crippen LogP contribution in [-0.4, -0.2) is 11.5 Å². The summed E-state index contributed by atoms with van der Waals surface area (Å²) >= 11 is 7.32. The van der Waals surface area contributed by atoms with Crippen molar-refractivity contribution in [2.45, 2.75) is 11.8 Å². The van der Waals surface area contributed by atoms with Gasteiger partial charge in [-0.1, -0.05) is 29.3 Å². The van der Waals surface area contributed by atoms with Crippen molar-refractivity contribution < 1.29 is 9.18 Å². The molecule has 0 aliphatic heterocycles. The molecule has 2 aromatic carbocycles. The summed E-state index contributed by atoms with van der Waals surface area (Å²) < 4.78 is 13.1. The van der Waals surface area contributed by atoms with E-state index in [4.69, 9.17) is 11.6 Å². The normalized spacial score (nSPS) is 10.5. The summed E-state index contributed by atoms with van der Waals surface area (Å²) in [6.45, 7) is 2.00. The van der Waals surface area contributed by atoms with Crippen LogP contribution in [0, 0.1) is 12.7 Å². The third-order valence-electron chi connectivity index (χ3n) is 2.59. The van der Waals surface area contributed by atoms with Crippen LogP contribution in [0.25, 0.3) is 0 Å². The van der Waals surface area contributed by atoms with Gasteiger partial charge in [-0.2, -0.15) is 0 Å². The quantitative estimate of drug-likeness (QED) is 0.597. The van der Waals surface area contributed by atoms with Crippen LogP contribution in [0.5, 0.6) is 0 Å². The number of benzene rings is 2. The lowest BCUT2D eigenvalue weighted by atomic mass is 10.1. The van der Waals surface area contributed by atoms with Crippen molar-refractivity contribution in [3.8, 4) is 0 Å². The minimum Gasteiger partial charge on any atom is -0.293 e. The first-order chi connectivity index (χ1) is 9.06. The van der Waals surface area contributed by atoms with Gasteiger partial charge in [0, 0.05) is 10.5 Å². The monoisotopic (exact) mass is 294 g/mol. The van der Waals surface area contributed by atoms with E-state index in [1.807, 2.05) is 31.2 Å². The van der Waals surface area contributed by atoms with Crippen LogP contribution < -0.4 is 0 Å². The topological polar surface area (TPSA) is 17.1 Å². The predicted octanol–water partition coefficient (Wildman–Crippen LogP) is 4.76. The third-order valence-corrected chi connectivity index (χ3v) is 3.91. The number of aryl methyl sites for hydroxylation is 1. The number of hydrogen-bond donors (Lipinski definition) is 0. The van der Waals surface area contributed by atoms with E-state index < -0.39 is 5.82 Å². The van der Waals surface area contributed by atoms with E-state index in [-0.39, 0.29) is 22.1 Å². The highest BCUT2D eigenvalue weighted by Crippen LogP contribution is 2.23.